The molecule has 1 fully saturated rings. The summed E-state index contributed by atoms with van der Waals surface area (Å²) in [4.78, 5) is 12.8. The van der Waals surface area contributed by atoms with Crippen LogP contribution in [-0.4, -0.2) is 35.2 Å². The van der Waals surface area contributed by atoms with Crippen molar-refractivity contribution in [3.63, 3.8) is 0 Å². The summed E-state index contributed by atoms with van der Waals surface area (Å²) >= 11 is 0. The summed E-state index contributed by atoms with van der Waals surface area (Å²) in [5, 5.41) is 11.3. The smallest absolute Gasteiger partial charge is 0.318 e. The Labute approximate surface area is 112 Å². The van der Waals surface area contributed by atoms with Gasteiger partial charge in [0, 0.05) is 12.6 Å². The highest BCUT2D eigenvalue weighted by atomic mass is 16.4. The minimum Gasteiger partial charge on any atom is -0.407 e. The number of nitrogens with two attached hydrogens (primary N) is 1. The molecule has 1 heterocycles. The van der Waals surface area contributed by atoms with Gasteiger partial charge in [-0.25, -0.2) is 0 Å². The van der Waals surface area contributed by atoms with Gasteiger partial charge in [-0.3, -0.25) is 4.79 Å². The third kappa shape index (κ3) is 4.51. The number of rotatable bonds is 9. The van der Waals surface area contributed by atoms with Crippen LogP contribution in [0.1, 0.15) is 38.5 Å². The summed E-state index contributed by atoms with van der Waals surface area (Å²) in [5.74, 6) is 0.153. The van der Waals surface area contributed by atoms with Crippen molar-refractivity contribution in [3.05, 3.63) is 5.89 Å². The highest BCUT2D eigenvalue weighted by molar-refractivity contribution is 5.78. The molecule has 7 nitrogen and oxygen atoms in total. The molecule has 1 aromatic rings. The molecule has 0 aliphatic heterocycles. The monoisotopic (exact) mass is 267 g/mol. The number of nitrogens with zero attached hydrogens (tertiary/aromatic N) is 3. The van der Waals surface area contributed by atoms with Crippen LogP contribution in [0.15, 0.2) is 4.42 Å². The molecule has 1 aliphatic rings. The maximum absolute atomic E-state index is 11.1. The van der Waals surface area contributed by atoms with Crippen LogP contribution in [0.2, 0.25) is 0 Å². The van der Waals surface area contributed by atoms with Crippen molar-refractivity contribution < 1.29 is 9.21 Å². The van der Waals surface area contributed by atoms with Crippen LogP contribution in [0.5, 0.6) is 0 Å². The normalized spacial score (nSPS) is 14.6. The fourth-order valence-corrected chi connectivity index (χ4v) is 1.74. The maximum Gasteiger partial charge on any atom is 0.318 e. The predicted octanol–water partition coefficient (Wildman–Crippen LogP) is 0.413. The first-order chi connectivity index (χ1) is 9.19. The lowest BCUT2D eigenvalue weighted by atomic mass is 10.3. The summed E-state index contributed by atoms with van der Waals surface area (Å²) in [6.07, 6.45) is 4.40. The average molecular weight is 267 g/mol. The number of unbranched alkanes of at least 4 members (excludes halogenated alkanes) is 1. The summed E-state index contributed by atoms with van der Waals surface area (Å²) in [6, 6.07) is 0.969. The highest BCUT2D eigenvalue weighted by Crippen LogP contribution is 2.19. The molecule has 0 spiro atoms. The lowest BCUT2D eigenvalue weighted by molar-refractivity contribution is -0.116. The first-order valence-corrected chi connectivity index (χ1v) is 6.78. The molecule has 0 atom stereocenters. The van der Waals surface area contributed by atoms with Crippen LogP contribution in [0.25, 0.3) is 0 Å². The molecule has 1 aliphatic carbocycles. The van der Waals surface area contributed by atoms with Gasteiger partial charge in [0.25, 0.3) is 0 Å². The van der Waals surface area contributed by atoms with Gasteiger partial charge in [-0.05, 0) is 19.3 Å². The van der Waals surface area contributed by atoms with E-state index in [-0.39, 0.29) is 6.54 Å². The SMILES string of the molecule is CCCCN(CC(N)=O)c1nnc(CNC2CC2)o1. The van der Waals surface area contributed by atoms with Crippen LogP contribution in [0.4, 0.5) is 6.01 Å². The second-order valence-corrected chi connectivity index (χ2v) is 4.87. The lowest BCUT2D eigenvalue weighted by Gasteiger charge is -2.17. The van der Waals surface area contributed by atoms with Gasteiger partial charge in [-0.15, -0.1) is 5.10 Å². The maximum atomic E-state index is 11.1. The zero-order valence-corrected chi connectivity index (χ0v) is 11.3. The number of primary amides is 1. The van der Waals surface area contributed by atoms with Crippen molar-refractivity contribution >= 4 is 11.9 Å². The van der Waals surface area contributed by atoms with E-state index in [4.69, 9.17) is 10.2 Å². The Kier molecular flexibility index (Phi) is 4.73. The minimum atomic E-state index is -0.396. The van der Waals surface area contributed by atoms with Gasteiger partial charge in [0.15, 0.2) is 0 Å². The zero-order chi connectivity index (χ0) is 13.7. The molecular formula is C12H21N5O2. The first kappa shape index (κ1) is 13.8. The minimum absolute atomic E-state index is 0.109. The number of carbonyl (C=O) groups is 1. The van der Waals surface area contributed by atoms with Crippen LogP contribution in [0.3, 0.4) is 0 Å². The fraction of sp³-hybridized carbons (Fsp3) is 0.750. The van der Waals surface area contributed by atoms with Gasteiger partial charge in [-0.1, -0.05) is 18.4 Å². The second-order valence-electron chi connectivity index (χ2n) is 4.87. The molecule has 3 N–H and O–H groups in total. The molecule has 0 radical (unpaired) electrons. The predicted molar refractivity (Wildman–Crippen MR) is 70.5 cm³/mol. The molecule has 1 aromatic heterocycles. The van der Waals surface area contributed by atoms with Crippen LogP contribution in [-0.2, 0) is 11.3 Å². The second kappa shape index (κ2) is 6.51. The third-order valence-corrected chi connectivity index (χ3v) is 2.97. The van der Waals surface area contributed by atoms with Crippen LogP contribution >= 0.6 is 0 Å². The Morgan fingerprint density at radius 1 is 1.53 bits per heavy atom. The van der Waals surface area contributed by atoms with Gasteiger partial charge in [0.1, 0.15) is 6.54 Å². The molecule has 19 heavy (non-hydrogen) atoms. The molecule has 0 bridgehead atoms. The number of amides is 1. The number of hydrogen-bond donors (Lipinski definition) is 2. The Hall–Kier alpha value is -1.63. The van der Waals surface area contributed by atoms with Gasteiger partial charge >= 0.3 is 6.01 Å². The fourth-order valence-electron chi connectivity index (χ4n) is 1.74. The van der Waals surface area contributed by atoms with E-state index in [1.54, 1.807) is 4.90 Å². The molecule has 106 valence electrons. The van der Waals surface area contributed by atoms with E-state index in [1.807, 2.05) is 0 Å². The van der Waals surface area contributed by atoms with Crippen molar-refractivity contribution in [1.29, 1.82) is 0 Å². The molecule has 1 saturated carbocycles. The topological polar surface area (TPSA) is 97.3 Å². The highest BCUT2D eigenvalue weighted by Gasteiger charge is 2.22. The van der Waals surface area contributed by atoms with Gasteiger partial charge in [-0.2, -0.15) is 0 Å². The van der Waals surface area contributed by atoms with E-state index in [9.17, 15) is 4.79 Å². The number of aromatic nitrogens is 2. The van der Waals surface area contributed by atoms with Crippen LogP contribution in [0, 0.1) is 0 Å². The van der Waals surface area contributed by atoms with Crippen molar-refractivity contribution in [2.24, 2.45) is 5.73 Å². The molecule has 0 saturated heterocycles. The summed E-state index contributed by atoms with van der Waals surface area (Å²) in [7, 11) is 0. The van der Waals surface area contributed by atoms with E-state index in [1.165, 1.54) is 12.8 Å². The number of carbonyl (C=O) groups excluding carboxylic acids is 1. The number of anilines is 1. The van der Waals surface area contributed by atoms with Crippen LogP contribution < -0.4 is 16.0 Å². The first-order valence-electron chi connectivity index (χ1n) is 6.78. The average Bonchev–Trinajstić information content (AvgIpc) is 3.09. The van der Waals surface area contributed by atoms with Crippen molar-refractivity contribution in [1.82, 2.24) is 15.5 Å². The number of nitrogens with one attached hydrogen (secondary N) is 1. The van der Waals surface area contributed by atoms with Gasteiger partial charge in [0.2, 0.25) is 11.8 Å². The Bertz CT molecular complexity index is 416. The summed E-state index contributed by atoms with van der Waals surface area (Å²) in [6.45, 7) is 3.46. The Balaban J connectivity index is 1.92. The largest absolute Gasteiger partial charge is 0.407 e. The van der Waals surface area contributed by atoms with E-state index in [0.717, 1.165) is 12.8 Å². The van der Waals surface area contributed by atoms with Gasteiger partial charge < -0.3 is 20.4 Å². The van der Waals surface area contributed by atoms with E-state index in [2.05, 4.69) is 22.4 Å². The Morgan fingerprint density at radius 2 is 2.32 bits per heavy atom. The quantitative estimate of drug-likeness (QED) is 0.672. The standard InChI is InChI=1S/C12H21N5O2/c1-2-3-6-17(8-10(13)18)12-16-15-11(19-12)7-14-9-4-5-9/h9,14H,2-8H2,1H3,(H2,13,18). The Morgan fingerprint density at radius 3 is 2.95 bits per heavy atom. The lowest BCUT2D eigenvalue weighted by Crippen LogP contribution is -2.34. The molecule has 7 heteroatoms. The van der Waals surface area contributed by atoms with Crippen molar-refractivity contribution in [2.75, 3.05) is 18.0 Å². The van der Waals surface area contributed by atoms with E-state index < -0.39 is 5.91 Å². The molecule has 1 amide bonds. The molecular weight excluding hydrogens is 246 g/mol. The number of hydrogen-bond acceptors (Lipinski definition) is 6. The van der Waals surface area contributed by atoms with E-state index in [0.29, 0.717) is 31.0 Å². The summed E-state index contributed by atoms with van der Waals surface area (Å²) < 4.78 is 5.56. The molecule has 0 unspecified atom stereocenters. The van der Waals surface area contributed by atoms with Gasteiger partial charge in [0.05, 0.1) is 6.54 Å². The molecule has 0 aromatic carbocycles. The summed E-state index contributed by atoms with van der Waals surface area (Å²) in [5.41, 5.74) is 5.23. The molecule has 2 rings (SSSR count). The zero-order valence-electron chi connectivity index (χ0n) is 11.3. The third-order valence-electron chi connectivity index (χ3n) is 2.97. The van der Waals surface area contributed by atoms with Crippen molar-refractivity contribution in [3.8, 4) is 0 Å². The van der Waals surface area contributed by atoms with Crippen molar-refractivity contribution in [2.45, 2.75) is 45.2 Å². The van der Waals surface area contributed by atoms with E-state index >= 15 is 0 Å².